The predicted octanol–water partition coefficient (Wildman–Crippen LogP) is 1.81. The summed E-state index contributed by atoms with van der Waals surface area (Å²) in [6.07, 6.45) is 0.677. The second-order valence-corrected chi connectivity index (χ2v) is 5.54. The van der Waals surface area contributed by atoms with Crippen LogP contribution in [0, 0.1) is 6.92 Å². The predicted molar refractivity (Wildman–Crippen MR) is 93.5 cm³/mol. The minimum atomic E-state index is -0.552. The van der Waals surface area contributed by atoms with Gasteiger partial charge in [0.1, 0.15) is 0 Å². The number of hydrogen-bond acceptors (Lipinski definition) is 6. The number of hydrogen-bond donors (Lipinski definition) is 1. The lowest BCUT2D eigenvalue weighted by Crippen LogP contribution is -2.29. The third-order valence-electron chi connectivity index (χ3n) is 3.98. The summed E-state index contributed by atoms with van der Waals surface area (Å²) in [5.41, 5.74) is 0.792. The molecule has 0 aliphatic rings. The fourth-order valence-electron chi connectivity index (χ4n) is 2.64. The summed E-state index contributed by atoms with van der Waals surface area (Å²) in [5.74, 6) is 0.600. The highest BCUT2D eigenvalue weighted by Crippen LogP contribution is 2.36. The largest absolute Gasteiger partial charge is 0.493 e. The van der Waals surface area contributed by atoms with Gasteiger partial charge in [-0.05, 0) is 31.0 Å². The number of aryl methyl sites for hydroxylation is 1. The van der Waals surface area contributed by atoms with E-state index in [2.05, 4.69) is 5.32 Å². The maximum absolute atomic E-state index is 12.4. The van der Waals surface area contributed by atoms with Crippen LogP contribution >= 0.6 is 0 Å². The molecule has 0 unspecified atom stereocenters. The van der Waals surface area contributed by atoms with Gasteiger partial charge in [0.2, 0.25) is 11.7 Å². The van der Waals surface area contributed by atoms with Gasteiger partial charge >= 0.3 is 5.63 Å². The first-order valence-corrected chi connectivity index (χ1v) is 7.96. The lowest BCUT2D eigenvalue weighted by atomic mass is 10.0. The molecule has 0 saturated heterocycles. The van der Waals surface area contributed by atoms with E-state index >= 15 is 0 Å². The minimum Gasteiger partial charge on any atom is -0.493 e. The molecule has 1 aromatic carbocycles. The van der Waals surface area contributed by atoms with Crippen LogP contribution in [0.2, 0.25) is 0 Å². The molecule has 0 spiro atoms. The minimum absolute atomic E-state index is 0.0363. The molecule has 1 amide bonds. The number of carbonyl (C=O) groups excluding carboxylic acids is 1. The van der Waals surface area contributed by atoms with Gasteiger partial charge < -0.3 is 23.9 Å². The highest BCUT2D eigenvalue weighted by Gasteiger charge is 2.19. The van der Waals surface area contributed by atoms with Crippen LogP contribution in [0.5, 0.6) is 11.5 Å². The summed E-state index contributed by atoms with van der Waals surface area (Å²) in [4.78, 5) is 24.4. The van der Waals surface area contributed by atoms with Crippen molar-refractivity contribution in [3.05, 3.63) is 33.7 Å². The Morgan fingerprint density at radius 2 is 1.96 bits per heavy atom. The molecule has 136 valence electrons. The molecule has 0 radical (unpaired) electrons. The van der Waals surface area contributed by atoms with E-state index in [-0.39, 0.29) is 12.3 Å². The van der Waals surface area contributed by atoms with Crippen LogP contribution in [0.1, 0.15) is 17.5 Å². The van der Waals surface area contributed by atoms with E-state index < -0.39 is 5.63 Å². The number of carbonyl (C=O) groups is 1. The first-order chi connectivity index (χ1) is 12.0. The van der Waals surface area contributed by atoms with E-state index in [1.165, 1.54) is 14.2 Å². The molecule has 7 nitrogen and oxygen atoms in total. The highest BCUT2D eigenvalue weighted by atomic mass is 16.5. The van der Waals surface area contributed by atoms with Gasteiger partial charge in [-0.1, -0.05) is 0 Å². The Balaban J connectivity index is 2.33. The molecule has 2 rings (SSSR count). The summed E-state index contributed by atoms with van der Waals surface area (Å²) in [6, 6.07) is 3.53. The van der Waals surface area contributed by atoms with Crippen LogP contribution < -0.4 is 20.4 Å². The van der Waals surface area contributed by atoms with E-state index in [9.17, 15) is 9.59 Å². The average Bonchev–Trinajstić information content (AvgIpc) is 2.61. The van der Waals surface area contributed by atoms with Crippen molar-refractivity contribution in [2.75, 3.05) is 34.5 Å². The zero-order valence-electron chi connectivity index (χ0n) is 14.9. The fourth-order valence-corrected chi connectivity index (χ4v) is 2.64. The van der Waals surface area contributed by atoms with Gasteiger partial charge in [-0.25, -0.2) is 4.79 Å². The number of amides is 1. The van der Waals surface area contributed by atoms with Crippen LogP contribution in [0.3, 0.4) is 0 Å². The van der Waals surface area contributed by atoms with E-state index in [1.807, 2.05) is 0 Å². The molecule has 1 N–H and O–H groups in total. The number of methoxy groups -OCH3 is 3. The first-order valence-electron chi connectivity index (χ1n) is 7.96. The highest BCUT2D eigenvalue weighted by molar-refractivity contribution is 5.89. The van der Waals surface area contributed by atoms with Crippen molar-refractivity contribution in [1.82, 2.24) is 5.32 Å². The van der Waals surface area contributed by atoms with Crippen molar-refractivity contribution in [3.63, 3.8) is 0 Å². The van der Waals surface area contributed by atoms with Gasteiger partial charge in [0.15, 0.2) is 11.3 Å². The summed E-state index contributed by atoms with van der Waals surface area (Å²) >= 11 is 0. The topological polar surface area (TPSA) is 87.0 Å². The normalized spacial score (nSPS) is 10.7. The maximum Gasteiger partial charge on any atom is 0.340 e. The second kappa shape index (κ2) is 8.53. The van der Waals surface area contributed by atoms with Crippen molar-refractivity contribution in [3.8, 4) is 11.5 Å². The van der Waals surface area contributed by atoms with Gasteiger partial charge in [-0.2, -0.15) is 0 Å². The van der Waals surface area contributed by atoms with Crippen molar-refractivity contribution in [2.24, 2.45) is 0 Å². The van der Waals surface area contributed by atoms with Crippen LogP contribution in [0.4, 0.5) is 0 Å². The molecule has 1 aromatic heterocycles. The van der Waals surface area contributed by atoms with Gasteiger partial charge in [-0.15, -0.1) is 0 Å². The molecule has 1 heterocycles. The monoisotopic (exact) mass is 349 g/mol. The zero-order chi connectivity index (χ0) is 18.4. The van der Waals surface area contributed by atoms with Crippen LogP contribution in [-0.4, -0.2) is 40.4 Å². The summed E-state index contributed by atoms with van der Waals surface area (Å²) < 4.78 is 20.9. The first kappa shape index (κ1) is 18.8. The molecular formula is C18H23NO6. The van der Waals surface area contributed by atoms with Crippen LogP contribution in [0.25, 0.3) is 11.0 Å². The Bertz CT molecular complexity index is 811. The number of ether oxygens (including phenoxy) is 3. The smallest absolute Gasteiger partial charge is 0.340 e. The molecule has 2 aromatic rings. The standard InChI is InChI=1S/C18H23NO6/c1-11-12-6-7-14(23-3)17(24-4)16(12)25-18(21)13(11)10-15(20)19-8-5-9-22-2/h6-7H,5,8-10H2,1-4H3,(H,19,20). The molecule has 0 saturated carbocycles. The molecule has 0 atom stereocenters. The number of benzene rings is 1. The van der Waals surface area contributed by atoms with E-state index in [1.54, 1.807) is 26.2 Å². The lowest BCUT2D eigenvalue weighted by Gasteiger charge is -2.12. The number of nitrogens with one attached hydrogen (secondary N) is 1. The van der Waals surface area contributed by atoms with Crippen LogP contribution in [0.15, 0.2) is 21.3 Å². The Morgan fingerprint density at radius 3 is 2.60 bits per heavy atom. The van der Waals surface area contributed by atoms with Crippen molar-refractivity contribution >= 4 is 16.9 Å². The van der Waals surface area contributed by atoms with Crippen LogP contribution in [-0.2, 0) is 16.0 Å². The molecule has 0 bridgehead atoms. The van der Waals surface area contributed by atoms with E-state index in [4.69, 9.17) is 18.6 Å². The van der Waals surface area contributed by atoms with Crippen molar-refractivity contribution in [1.29, 1.82) is 0 Å². The molecule has 0 aliphatic heterocycles. The second-order valence-electron chi connectivity index (χ2n) is 5.54. The Morgan fingerprint density at radius 1 is 1.20 bits per heavy atom. The van der Waals surface area contributed by atoms with E-state index in [0.717, 1.165) is 0 Å². The molecule has 7 heteroatoms. The summed E-state index contributed by atoms with van der Waals surface area (Å²) in [5, 5.41) is 3.47. The van der Waals surface area contributed by atoms with Gasteiger partial charge in [0.25, 0.3) is 0 Å². The Labute approximate surface area is 145 Å². The Hall–Kier alpha value is -2.54. The zero-order valence-corrected chi connectivity index (χ0v) is 14.9. The summed E-state index contributed by atoms with van der Waals surface area (Å²) in [6.45, 7) is 2.85. The summed E-state index contributed by atoms with van der Waals surface area (Å²) in [7, 11) is 4.60. The molecular weight excluding hydrogens is 326 g/mol. The van der Waals surface area contributed by atoms with Gasteiger partial charge in [0, 0.05) is 25.6 Å². The maximum atomic E-state index is 12.4. The Kier molecular flexibility index (Phi) is 6.41. The lowest BCUT2D eigenvalue weighted by molar-refractivity contribution is -0.120. The van der Waals surface area contributed by atoms with Gasteiger partial charge in [0.05, 0.1) is 26.2 Å². The SMILES string of the molecule is COCCCNC(=O)Cc1c(C)c2ccc(OC)c(OC)c2oc1=O. The van der Waals surface area contributed by atoms with E-state index in [0.29, 0.717) is 53.2 Å². The molecule has 0 aliphatic carbocycles. The number of rotatable bonds is 8. The third kappa shape index (κ3) is 4.11. The molecule has 25 heavy (non-hydrogen) atoms. The quantitative estimate of drug-likeness (QED) is 0.578. The molecule has 0 fully saturated rings. The van der Waals surface area contributed by atoms with Crippen molar-refractivity contribution in [2.45, 2.75) is 19.8 Å². The number of fused-ring (bicyclic) bond motifs is 1. The third-order valence-corrected chi connectivity index (χ3v) is 3.98. The van der Waals surface area contributed by atoms with Gasteiger partial charge in [-0.3, -0.25) is 4.79 Å². The van der Waals surface area contributed by atoms with Crippen molar-refractivity contribution < 1.29 is 23.4 Å². The average molecular weight is 349 g/mol. The fraction of sp³-hybridized carbons (Fsp3) is 0.444.